The molecule has 0 aromatic carbocycles. The largest absolute Gasteiger partial charge is 0.394 e. The maximum Gasteiger partial charge on any atom is 0.189 e. The smallest absolute Gasteiger partial charge is 0.189 e. The molecule has 0 amide bonds. The van der Waals surface area contributed by atoms with E-state index in [0.29, 0.717) is 0 Å². The van der Waals surface area contributed by atoms with E-state index >= 15 is 0 Å². The van der Waals surface area contributed by atoms with Crippen LogP contribution in [0.15, 0.2) is 0 Å². The fourth-order valence-electron chi connectivity index (χ4n) is 2.39. The van der Waals surface area contributed by atoms with Gasteiger partial charge in [0, 0.05) is 0 Å². The first-order valence-electron chi connectivity index (χ1n) is 8.23. The van der Waals surface area contributed by atoms with E-state index in [-0.39, 0.29) is 12.5 Å². The molecule has 0 aliphatic carbocycles. The number of rotatable bonds is 11. The van der Waals surface area contributed by atoms with Crippen LogP contribution in [0.2, 0.25) is 0 Å². The van der Waals surface area contributed by atoms with E-state index in [2.05, 4.69) is 0 Å². The molecule has 8 atom stereocenters. The quantitative estimate of drug-likeness (QED) is 0.215. The molecule has 1 saturated heterocycles. The van der Waals surface area contributed by atoms with Crippen molar-refractivity contribution in [3.8, 4) is 0 Å². The Hall–Kier alpha value is -0.400. The van der Waals surface area contributed by atoms with E-state index in [4.69, 9.17) is 29.2 Å². The zero-order valence-corrected chi connectivity index (χ0v) is 14.6. The first-order valence-corrected chi connectivity index (χ1v) is 8.23. The highest BCUT2D eigenvalue weighted by Crippen LogP contribution is 2.25. The summed E-state index contributed by atoms with van der Waals surface area (Å²) in [5, 5.41) is 56.7. The molecule has 0 saturated carbocycles. The molecule has 10 heteroatoms. The Morgan fingerprint density at radius 1 is 1.04 bits per heavy atom. The van der Waals surface area contributed by atoms with Crippen molar-refractivity contribution in [2.75, 3.05) is 19.8 Å². The summed E-state index contributed by atoms with van der Waals surface area (Å²) in [6.07, 6.45) is -9.20. The molecule has 0 aromatic rings. The topological polar surface area (TPSA) is 158 Å². The molecule has 0 bridgehead atoms. The van der Waals surface area contributed by atoms with E-state index in [1.54, 1.807) is 20.8 Å². The van der Waals surface area contributed by atoms with Gasteiger partial charge in [-0.25, -0.2) is 0 Å². The lowest BCUT2D eigenvalue weighted by atomic mass is 10.1. The second-order valence-corrected chi connectivity index (χ2v) is 6.36. The monoisotopic (exact) mass is 370 g/mol. The van der Waals surface area contributed by atoms with Crippen LogP contribution < -0.4 is 0 Å². The number of aliphatic hydroxyl groups is 6. The summed E-state index contributed by atoms with van der Waals surface area (Å²) in [7, 11) is 0. The van der Waals surface area contributed by atoms with Gasteiger partial charge in [0.05, 0.1) is 25.9 Å². The lowest BCUT2D eigenvalue weighted by Crippen LogP contribution is -2.43. The van der Waals surface area contributed by atoms with Crippen LogP contribution in [0.4, 0.5) is 0 Å². The van der Waals surface area contributed by atoms with Crippen LogP contribution in [0.25, 0.3) is 0 Å². The lowest BCUT2D eigenvalue weighted by molar-refractivity contribution is -0.282. The van der Waals surface area contributed by atoms with Crippen LogP contribution in [0.1, 0.15) is 20.8 Å². The van der Waals surface area contributed by atoms with E-state index < -0.39 is 62.6 Å². The molecule has 0 spiro atoms. The van der Waals surface area contributed by atoms with Crippen molar-refractivity contribution in [2.24, 2.45) is 5.92 Å². The Labute approximate surface area is 146 Å². The molecule has 5 unspecified atom stereocenters. The molecule has 0 radical (unpaired) electrons. The lowest BCUT2D eigenvalue weighted by Gasteiger charge is -2.30. The first-order chi connectivity index (χ1) is 11.7. The van der Waals surface area contributed by atoms with Crippen molar-refractivity contribution in [3.05, 3.63) is 0 Å². The van der Waals surface area contributed by atoms with Gasteiger partial charge in [-0.2, -0.15) is 0 Å². The number of hydrogen-bond acceptors (Lipinski definition) is 10. The Kier molecular flexibility index (Phi) is 9.67. The SMILES string of the molecule is CC(C)C(OC[C@H](C)O[C@H](O)CO)[C@H](O)OC1OC(CO)C(O)C1O. The van der Waals surface area contributed by atoms with Crippen LogP contribution in [0.5, 0.6) is 0 Å². The molecule has 1 rings (SSSR count). The van der Waals surface area contributed by atoms with Gasteiger partial charge in [0.25, 0.3) is 0 Å². The number of ether oxygens (including phenoxy) is 4. The van der Waals surface area contributed by atoms with Gasteiger partial charge in [-0.3, -0.25) is 0 Å². The molecule has 10 nitrogen and oxygen atoms in total. The molecule has 150 valence electrons. The van der Waals surface area contributed by atoms with Gasteiger partial charge < -0.3 is 49.6 Å². The molecular formula is C15H30O10. The highest BCUT2D eigenvalue weighted by atomic mass is 16.8. The Morgan fingerprint density at radius 3 is 2.16 bits per heavy atom. The third-order valence-corrected chi connectivity index (χ3v) is 3.78. The highest BCUT2D eigenvalue weighted by Gasteiger charge is 2.45. The van der Waals surface area contributed by atoms with Crippen molar-refractivity contribution in [3.63, 3.8) is 0 Å². The highest BCUT2D eigenvalue weighted by molar-refractivity contribution is 4.86. The second kappa shape index (κ2) is 10.7. The third-order valence-electron chi connectivity index (χ3n) is 3.78. The Morgan fingerprint density at radius 2 is 1.68 bits per heavy atom. The van der Waals surface area contributed by atoms with Crippen LogP contribution in [-0.4, -0.2) is 99.8 Å². The Balaban J connectivity index is 2.55. The summed E-state index contributed by atoms with van der Waals surface area (Å²) in [6.45, 7) is 4.15. The van der Waals surface area contributed by atoms with Crippen molar-refractivity contribution < 1.29 is 49.6 Å². The fraction of sp³-hybridized carbons (Fsp3) is 1.00. The first kappa shape index (κ1) is 22.6. The van der Waals surface area contributed by atoms with E-state index in [0.717, 1.165) is 0 Å². The van der Waals surface area contributed by atoms with Crippen LogP contribution in [0.3, 0.4) is 0 Å². The summed E-state index contributed by atoms with van der Waals surface area (Å²) in [4.78, 5) is 0. The number of hydrogen-bond donors (Lipinski definition) is 6. The van der Waals surface area contributed by atoms with Gasteiger partial charge >= 0.3 is 0 Å². The van der Waals surface area contributed by atoms with Gasteiger partial charge in [0.2, 0.25) is 0 Å². The molecular weight excluding hydrogens is 340 g/mol. The zero-order valence-electron chi connectivity index (χ0n) is 14.6. The fourth-order valence-corrected chi connectivity index (χ4v) is 2.39. The summed E-state index contributed by atoms with van der Waals surface area (Å²) in [5.41, 5.74) is 0. The Bertz CT molecular complexity index is 368. The van der Waals surface area contributed by atoms with Crippen molar-refractivity contribution in [2.45, 2.75) is 70.2 Å². The minimum Gasteiger partial charge on any atom is -0.394 e. The standard InChI is InChI=1S/C15H30O10/c1-7(2)13(22-6-8(3)23-10(18)5-17)14(21)25-15-12(20)11(19)9(4-16)24-15/h7-21H,4-6H2,1-3H3/t8-,9?,10-,11?,12?,13?,14+,15?/m0/s1. The van der Waals surface area contributed by atoms with Crippen LogP contribution in [-0.2, 0) is 18.9 Å². The van der Waals surface area contributed by atoms with Crippen molar-refractivity contribution in [1.82, 2.24) is 0 Å². The molecule has 1 aliphatic rings. The van der Waals surface area contributed by atoms with Gasteiger partial charge in [-0.15, -0.1) is 0 Å². The molecule has 25 heavy (non-hydrogen) atoms. The summed E-state index contributed by atoms with van der Waals surface area (Å²) >= 11 is 0. The van der Waals surface area contributed by atoms with Crippen LogP contribution >= 0.6 is 0 Å². The second-order valence-electron chi connectivity index (χ2n) is 6.36. The number of aliphatic hydroxyl groups excluding tert-OH is 6. The minimum absolute atomic E-state index is 0.0102. The zero-order chi connectivity index (χ0) is 19.1. The summed E-state index contributed by atoms with van der Waals surface area (Å²) in [5.74, 6) is -0.179. The molecule has 6 N–H and O–H groups in total. The maximum absolute atomic E-state index is 10.2. The molecule has 0 aromatic heterocycles. The third kappa shape index (κ3) is 6.68. The van der Waals surface area contributed by atoms with E-state index in [9.17, 15) is 20.4 Å². The molecule has 1 heterocycles. The van der Waals surface area contributed by atoms with E-state index in [1.165, 1.54) is 0 Å². The van der Waals surface area contributed by atoms with Gasteiger partial charge in [-0.1, -0.05) is 13.8 Å². The van der Waals surface area contributed by atoms with Gasteiger partial charge in [-0.05, 0) is 12.8 Å². The van der Waals surface area contributed by atoms with Gasteiger partial charge in [0.1, 0.15) is 24.4 Å². The van der Waals surface area contributed by atoms with E-state index in [1.807, 2.05) is 0 Å². The average molecular weight is 370 g/mol. The summed E-state index contributed by atoms with van der Waals surface area (Å²) < 4.78 is 21.0. The average Bonchev–Trinajstić information content (AvgIpc) is 2.82. The molecule has 1 aliphatic heterocycles. The van der Waals surface area contributed by atoms with Crippen molar-refractivity contribution in [1.29, 1.82) is 0 Å². The van der Waals surface area contributed by atoms with Gasteiger partial charge in [0.15, 0.2) is 18.9 Å². The van der Waals surface area contributed by atoms with Crippen LogP contribution in [0, 0.1) is 5.92 Å². The molecule has 1 fully saturated rings. The summed E-state index contributed by atoms with van der Waals surface area (Å²) in [6, 6.07) is 0. The predicted octanol–water partition coefficient (Wildman–Crippen LogP) is -2.48. The van der Waals surface area contributed by atoms with Crippen molar-refractivity contribution >= 4 is 0 Å². The minimum atomic E-state index is -1.47. The normalized spacial score (nSPS) is 31.9. The predicted molar refractivity (Wildman–Crippen MR) is 83.1 cm³/mol. The maximum atomic E-state index is 10.2.